The summed E-state index contributed by atoms with van der Waals surface area (Å²) in [6, 6.07) is 0. The Kier molecular flexibility index (Phi) is 11.6. The number of phosphoric acid groups is 1. The normalized spacial score (nSPS) is 8.43. The Morgan fingerprint density at radius 3 is 1.14 bits per heavy atom. The third-order valence-electron chi connectivity index (χ3n) is 0. The van der Waals surface area contributed by atoms with Crippen LogP contribution in [0.25, 0.3) is 0 Å². The molecule has 0 aromatic heterocycles. The molecule has 0 aromatic carbocycles. The average Bonchev–Trinajstić information content (AvgIpc) is 0.722. The molecule has 42 valence electrons. The van der Waals surface area contributed by atoms with Gasteiger partial charge >= 0.3 is 26.4 Å². The predicted octanol–water partition coefficient (Wildman–Crippen LogP) is -1.97. The molecule has 0 atom stereocenters. The molecule has 4 nitrogen and oxygen atoms in total. The van der Waals surface area contributed by atoms with E-state index >= 15 is 0 Å². The van der Waals surface area contributed by atoms with Crippen LogP contribution in [0.4, 0.5) is 0 Å². The maximum absolute atomic E-state index is 8.55. The Hall–Kier alpha value is 1.03. The van der Waals surface area contributed by atoms with Gasteiger partial charge < -0.3 is 19.2 Å². The molecule has 7 heteroatoms. The summed E-state index contributed by atoms with van der Waals surface area (Å²) in [7, 11) is -5.39. The van der Waals surface area contributed by atoms with Crippen molar-refractivity contribution in [1.29, 1.82) is 0 Å². The largest absolute Gasteiger partial charge is 3.00 e. The first kappa shape index (κ1) is 15.7. The zero-order chi connectivity index (χ0) is 4.50. The molecule has 0 aliphatic heterocycles. The molecule has 7 heavy (non-hydrogen) atoms. The van der Waals surface area contributed by atoms with E-state index in [0.29, 0.717) is 0 Å². The first-order chi connectivity index (χ1) is 2.00. The van der Waals surface area contributed by atoms with E-state index < -0.39 is 7.82 Å². The van der Waals surface area contributed by atoms with Crippen molar-refractivity contribution in [3.8, 4) is 0 Å². The predicted molar refractivity (Wildman–Crippen MR) is 14.5 cm³/mol. The van der Waals surface area contributed by atoms with Crippen LogP contribution < -0.4 is 14.7 Å². The molecule has 0 saturated heterocycles. The number of hydrogen-bond acceptors (Lipinski definition) is 4. The van der Waals surface area contributed by atoms with Gasteiger partial charge in [-0.05, 0) is 0 Å². The molecule has 0 fully saturated rings. The second kappa shape index (κ2) is 5.18. The van der Waals surface area contributed by atoms with Gasteiger partial charge in [-0.1, -0.05) is 0 Å². The summed E-state index contributed by atoms with van der Waals surface area (Å²) in [4.78, 5) is 25.6. The van der Waals surface area contributed by atoms with Crippen molar-refractivity contribution >= 4 is 17.7 Å². The van der Waals surface area contributed by atoms with Crippen molar-refractivity contribution in [2.45, 2.75) is 0 Å². The Morgan fingerprint density at radius 1 is 1.14 bits per heavy atom. The van der Waals surface area contributed by atoms with Crippen molar-refractivity contribution in [3.63, 3.8) is 0 Å². The first-order valence-corrected chi connectivity index (χ1v) is 2.19. The van der Waals surface area contributed by atoms with Crippen molar-refractivity contribution in [2.75, 3.05) is 0 Å². The van der Waals surface area contributed by atoms with Crippen LogP contribution in [0.5, 0.6) is 0 Å². The smallest absolute Gasteiger partial charge is 0.822 e. The van der Waals surface area contributed by atoms with Gasteiger partial charge in [0, 0.05) is 0 Å². The van der Waals surface area contributed by atoms with Gasteiger partial charge in [0.1, 0.15) is 0 Å². The minimum Gasteiger partial charge on any atom is -0.822 e. The summed E-state index contributed by atoms with van der Waals surface area (Å²) in [5.41, 5.74) is 0. The van der Waals surface area contributed by atoms with Gasteiger partial charge in [-0.3, -0.25) is 0 Å². The van der Waals surface area contributed by atoms with E-state index in [4.69, 9.17) is 19.2 Å². The molecule has 0 saturated carbocycles. The Balaban J connectivity index is -0.0000000800. The van der Waals surface area contributed by atoms with Gasteiger partial charge in [-0.25, -0.2) is 0 Å². The van der Waals surface area contributed by atoms with Gasteiger partial charge in [-0.2, -0.15) is 7.82 Å². The zero-order valence-corrected chi connectivity index (χ0v) is 5.62. The van der Waals surface area contributed by atoms with Crippen LogP contribution in [0.1, 0.15) is 0 Å². The summed E-state index contributed by atoms with van der Waals surface area (Å²) >= 11 is 0. The van der Waals surface area contributed by atoms with E-state index in [2.05, 4.69) is 0 Å². The third-order valence-corrected chi connectivity index (χ3v) is 0. The van der Waals surface area contributed by atoms with E-state index in [1.165, 1.54) is 0 Å². The second-order valence-electron chi connectivity index (χ2n) is 0.447. The molecule has 0 aliphatic rings. The summed E-state index contributed by atoms with van der Waals surface area (Å²) in [6.07, 6.45) is 0. The van der Waals surface area contributed by atoms with Crippen LogP contribution in [0.3, 0.4) is 0 Å². The van der Waals surface area contributed by atoms with Crippen molar-refractivity contribution < 1.29 is 35.7 Å². The maximum Gasteiger partial charge on any atom is 3.00 e. The van der Waals surface area contributed by atoms with E-state index in [9.17, 15) is 0 Å². The molecule has 0 rings (SSSR count). The standard InChI is InChI=1S/Ni.H3O4P.P/c;1-5(2,3)4;/h;(H3,1,2,3,4);/q+2;;+3/p-3. The molecule has 0 amide bonds. The van der Waals surface area contributed by atoms with E-state index in [1.807, 2.05) is 0 Å². The van der Waals surface area contributed by atoms with Crippen LogP contribution in [0.15, 0.2) is 0 Å². The minimum absolute atomic E-state index is 0. The molecule has 0 unspecified atom stereocenters. The molecular weight excluding hydrogens is 185 g/mol. The van der Waals surface area contributed by atoms with Gasteiger partial charge in [0.05, 0.1) is 0 Å². The number of hydrogen-bond donors (Lipinski definition) is 0. The third kappa shape index (κ3) is 167. The van der Waals surface area contributed by atoms with Crippen LogP contribution >= 0.6 is 17.7 Å². The quantitative estimate of drug-likeness (QED) is 0.323. The second-order valence-corrected chi connectivity index (χ2v) is 1.34. The SMILES string of the molecule is O=P([O-])([O-])[O-].[Ni+2].[P+3]. The molecule has 0 N–H and O–H groups in total. The topological polar surface area (TPSA) is 86.2 Å². The molecule has 0 aromatic rings. The van der Waals surface area contributed by atoms with Gasteiger partial charge in [0.15, 0.2) is 0 Å². The van der Waals surface area contributed by atoms with Crippen molar-refractivity contribution in [3.05, 3.63) is 0 Å². The molecule has 0 heterocycles. The van der Waals surface area contributed by atoms with Crippen LogP contribution in [0, 0.1) is 0 Å². The van der Waals surface area contributed by atoms with Crippen LogP contribution in [0.2, 0.25) is 0 Å². The number of rotatable bonds is 0. The fraction of sp³-hybridized carbons (Fsp3) is 0. The Morgan fingerprint density at radius 2 is 1.14 bits per heavy atom. The zero-order valence-electron chi connectivity index (χ0n) is 2.84. The molecule has 0 aliphatic carbocycles. The van der Waals surface area contributed by atoms with E-state index in [-0.39, 0.29) is 26.4 Å². The molecular formula is NiO4P2+2. The van der Waals surface area contributed by atoms with E-state index in [1.54, 1.807) is 0 Å². The molecule has 0 bridgehead atoms. The summed E-state index contributed by atoms with van der Waals surface area (Å²) < 4.78 is 8.55. The molecule has 2 radical (unpaired) electrons. The summed E-state index contributed by atoms with van der Waals surface area (Å²) in [5.74, 6) is 0. The van der Waals surface area contributed by atoms with Crippen molar-refractivity contribution in [2.24, 2.45) is 0 Å². The van der Waals surface area contributed by atoms with Crippen LogP contribution in [-0.2, 0) is 21.1 Å². The fourth-order valence-electron chi connectivity index (χ4n) is 0. The van der Waals surface area contributed by atoms with Gasteiger partial charge in [0.2, 0.25) is 0 Å². The minimum atomic E-state index is -5.39. The Bertz CT molecular complexity index is 55.8. The molecule has 0 spiro atoms. The average molecular weight is 185 g/mol. The first-order valence-electron chi connectivity index (χ1n) is 0.730. The van der Waals surface area contributed by atoms with Crippen LogP contribution in [-0.4, -0.2) is 0 Å². The van der Waals surface area contributed by atoms with Gasteiger partial charge in [-0.15, -0.1) is 0 Å². The van der Waals surface area contributed by atoms with E-state index in [0.717, 1.165) is 0 Å². The summed E-state index contributed by atoms with van der Waals surface area (Å²) in [5, 5.41) is 0. The van der Waals surface area contributed by atoms with Crippen molar-refractivity contribution in [1.82, 2.24) is 0 Å². The maximum atomic E-state index is 8.55. The Labute approximate surface area is 54.1 Å². The summed E-state index contributed by atoms with van der Waals surface area (Å²) in [6.45, 7) is 0. The fourth-order valence-corrected chi connectivity index (χ4v) is 0. The monoisotopic (exact) mass is 184 g/mol. The van der Waals surface area contributed by atoms with Gasteiger partial charge in [0.25, 0.3) is 0 Å².